The van der Waals surface area contributed by atoms with E-state index in [4.69, 9.17) is 5.11 Å². The number of hydrogen-bond acceptors (Lipinski definition) is 2. The third kappa shape index (κ3) is 4.14. The highest BCUT2D eigenvalue weighted by molar-refractivity contribution is 9.10. The van der Waals surface area contributed by atoms with Gasteiger partial charge in [-0.15, -0.1) is 0 Å². The van der Waals surface area contributed by atoms with E-state index in [1.54, 1.807) is 19.9 Å². The highest BCUT2D eigenvalue weighted by Gasteiger charge is 2.25. The van der Waals surface area contributed by atoms with Crippen molar-refractivity contribution in [2.24, 2.45) is 0 Å². The molecule has 0 aliphatic heterocycles. The summed E-state index contributed by atoms with van der Waals surface area (Å²) in [5.74, 6) is -1.23. The molecule has 0 aliphatic carbocycles. The molecule has 2 N–H and O–H groups in total. The van der Waals surface area contributed by atoms with Crippen LogP contribution in [0.15, 0.2) is 22.7 Å². The van der Waals surface area contributed by atoms with Crippen molar-refractivity contribution in [3.63, 3.8) is 0 Å². The van der Waals surface area contributed by atoms with Crippen molar-refractivity contribution in [3.8, 4) is 0 Å². The second-order valence-corrected chi connectivity index (χ2v) is 5.75. The van der Waals surface area contributed by atoms with E-state index in [-0.39, 0.29) is 12.3 Å². The smallest absolute Gasteiger partial charge is 0.305 e. The van der Waals surface area contributed by atoms with Crippen LogP contribution < -0.4 is 5.32 Å². The van der Waals surface area contributed by atoms with Gasteiger partial charge in [0, 0.05) is 10.0 Å². The number of carboxylic acids is 1. The lowest BCUT2D eigenvalue weighted by Crippen LogP contribution is -2.45. The summed E-state index contributed by atoms with van der Waals surface area (Å²) in [6.07, 6.45) is -0.123. The largest absolute Gasteiger partial charge is 0.481 e. The fraction of sp³-hybridized carbons (Fsp3) is 0.385. The minimum atomic E-state index is -0.941. The average molecular weight is 314 g/mol. The molecule has 0 saturated heterocycles. The summed E-state index contributed by atoms with van der Waals surface area (Å²) in [4.78, 5) is 22.7. The number of carboxylic acid groups (broad SMARTS) is 1. The topological polar surface area (TPSA) is 66.4 Å². The normalized spacial score (nSPS) is 11.1. The molecule has 0 heterocycles. The van der Waals surface area contributed by atoms with Crippen LogP contribution in [0.3, 0.4) is 0 Å². The number of aliphatic carboxylic acids is 1. The number of nitrogens with one attached hydrogen (secondary N) is 1. The highest BCUT2D eigenvalue weighted by Crippen LogP contribution is 2.19. The summed E-state index contributed by atoms with van der Waals surface area (Å²) >= 11 is 3.33. The molecule has 0 radical (unpaired) electrons. The number of hydrogen-bond donors (Lipinski definition) is 2. The standard InChI is InChI=1S/C13H16BrNO3/c1-8-4-5-9(10(14)6-8)12(18)15-13(2,3)7-11(16)17/h4-6H,7H2,1-3H3,(H,15,18)(H,16,17). The van der Waals surface area contributed by atoms with E-state index < -0.39 is 11.5 Å². The minimum absolute atomic E-state index is 0.123. The van der Waals surface area contributed by atoms with E-state index >= 15 is 0 Å². The van der Waals surface area contributed by atoms with Gasteiger partial charge in [-0.3, -0.25) is 9.59 Å². The van der Waals surface area contributed by atoms with E-state index in [9.17, 15) is 9.59 Å². The molecular weight excluding hydrogens is 298 g/mol. The van der Waals surface area contributed by atoms with Gasteiger partial charge < -0.3 is 10.4 Å². The average Bonchev–Trinajstić information content (AvgIpc) is 2.13. The SMILES string of the molecule is Cc1ccc(C(=O)NC(C)(C)CC(=O)O)c(Br)c1. The van der Waals surface area contributed by atoms with Crippen molar-refractivity contribution in [2.45, 2.75) is 32.7 Å². The molecule has 0 bridgehead atoms. The van der Waals surface area contributed by atoms with Gasteiger partial charge in [-0.05, 0) is 54.4 Å². The first kappa shape index (κ1) is 14.7. The lowest BCUT2D eigenvalue weighted by atomic mass is 10.00. The second-order valence-electron chi connectivity index (χ2n) is 4.89. The maximum Gasteiger partial charge on any atom is 0.305 e. The monoisotopic (exact) mass is 313 g/mol. The van der Waals surface area contributed by atoms with Gasteiger partial charge in [0.15, 0.2) is 0 Å². The minimum Gasteiger partial charge on any atom is -0.481 e. The number of halogens is 1. The summed E-state index contributed by atoms with van der Waals surface area (Å²) in [7, 11) is 0. The Labute approximate surface area is 115 Å². The van der Waals surface area contributed by atoms with Crippen LogP contribution in [-0.2, 0) is 4.79 Å². The maximum atomic E-state index is 12.0. The fourth-order valence-corrected chi connectivity index (χ4v) is 2.27. The third-order valence-electron chi connectivity index (χ3n) is 2.41. The Balaban J connectivity index is 2.85. The van der Waals surface area contributed by atoms with Crippen molar-refractivity contribution in [2.75, 3.05) is 0 Å². The molecule has 0 aliphatic rings. The summed E-state index contributed by atoms with van der Waals surface area (Å²) in [5.41, 5.74) is 0.759. The van der Waals surface area contributed by atoms with Gasteiger partial charge in [-0.1, -0.05) is 6.07 Å². The van der Waals surface area contributed by atoms with Crippen molar-refractivity contribution in [1.82, 2.24) is 5.32 Å². The number of carbonyl (C=O) groups excluding carboxylic acids is 1. The molecule has 1 rings (SSSR count). The quantitative estimate of drug-likeness (QED) is 0.898. The lowest BCUT2D eigenvalue weighted by molar-refractivity contribution is -0.138. The molecule has 0 unspecified atom stereocenters. The van der Waals surface area contributed by atoms with E-state index in [0.717, 1.165) is 5.56 Å². The van der Waals surface area contributed by atoms with Crippen LogP contribution in [0.2, 0.25) is 0 Å². The van der Waals surface area contributed by atoms with Crippen molar-refractivity contribution in [3.05, 3.63) is 33.8 Å². The zero-order valence-corrected chi connectivity index (χ0v) is 12.2. The molecular formula is C13H16BrNO3. The summed E-state index contributed by atoms with van der Waals surface area (Å²) in [6, 6.07) is 5.40. The molecule has 1 aromatic rings. The van der Waals surface area contributed by atoms with Gasteiger partial charge >= 0.3 is 5.97 Å². The third-order valence-corrected chi connectivity index (χ3v) is 3.07. The summed E-state index contributed by atoms with van der Waals surface area (Å²) < 4.78 is 0.700. The molecule has 1 amide bonds. The molecule has 98 valence electrons. The number of amides is 1. The molecule has 0 fully saturated rings. The van der Waals surface area contributed by atoms with E-state index in [1.807, 2.05) is 19.1 Å². The zero-order chi connectivity index (χ0) is 13.9. The predicted octanol–water partition coefficient (Wildman–Crippen LogP) is 2.74. The molecule has 18 heavy (non-hydrogen) atoms. The number of rotatable bonds is 4. The van der Waals surface area contributed by atoms with Crippen LogP contribution >= 0.6 is 15.9 Å². The van der Waals surface area contributed by atoms with Crippen LogP contribution in [0.25, 0.3) is 0 Å². The Morgan fingerprint density at radius 3 is 2.50 bits per heavy atom. The molecule has 0 spiro atoms. The zero-order valence-electron chi connectivity index (χ0n) is 10.6. The Bertz CT molecular complexity index is 483. The van der Waals surface area contributed by atoms with Crippen LogP contribution in [0.1, 0.15) is 36.2 Å². The lowest BCUT2D eigenvalue weighted by Gasteiger charge is -2.24. The van der Waals surface area contributed by atoms with E-state index in [0.29, 0.717) is 10.0 Å². The van der Waals surface area contributed by atoms with Gasteiger partial charge in [0.25, 0.3) is 5.91 Å². The first-order valence-corrected chi connectivity index (χ1v) is 6.31. The highest BCUT2D eigenvalue weighted by atomic mass is 79.9. The van der Waals surface area contributed by atoms with Crippen LogP contribution in [0, 0.1) is 6.92 Å². The molecule has 0 aromatic heterocycles. The Morgan fingerprint density at radius 2 is 2.00 bits per heavy atom. The van der Waals surface area contributed by atoms with Crippen LogP contribution in [0.4, 0.5) is 0 Å². The van der Waals surface area contributed by atoms with E-state index in [1.165, 1.54) is 0 Å². The number of benzene rings is 1. The first-order chi connectivity index (χ1) is 8.21. The molecule has 5 heteroatoms. The Kier molecular flexibility index (Phi) is 4.51. The maximum absolute atomic E-state index is 12.0. The van der Waals surface area contributed by atoms with Gasteiger partial charge in [0.05, 0.1) is 12.0 Å². The van der Waals surface area contributed by atoms with Gasteiger partial charge in [0.2, 0.25) is 0 Å². The van der Waals surface area contributed by atoms with Crippen molar-refractivity contribution in [1.29, 1.82) is 0 Å². The molecule has 4 nitrogen and oxygen atoms in total. The first-order valence-electron chi connectivity index (χ1n) is 5.52. The van der Waals surface area contributed by atoms with Crippen molar-refractivity contribution < 1.29 is 14.7 Å². The Hall–Kier alpha value is -1.36. The summed E-state index contributed by atoms with van der Waals surface area (Å²) in [6.45, 7) is 5.29. The molecule has 1 aromatic carbocycles. The second kappa shape index (κ2) is 5.52. The fourth-order valence-electron chi connectivity index (χ4n) is 1.60. The summed E-state index contributed by atoms with van der Waals surface area (Å²) in [5, 5.41) is 11.5. The van der Waals surface area contributed by atoms with Gasteiger partial charge in [0.1, 0.15) is 0 Å². The number of aryl methyl sites for hydroxylation is 1. The van der Waals surface area contributed by atoms with Gasteiger partial charge in [-0.25, -0.2) is 0 Å². The molecule has 0 atom stereocenters. The Morgan fingerprint density at radius 1 is 1.39 bits per heavy atom. The number of carbonyl (C=O) groups is 2. The predicted molar refractivity (Wildman–Crippen MR) is 72.7 cm³/mol. The van der Waals surface area contributed by atoms with Crippen LogP contribution in [0.5, 0.6) is 0 Å². The van der Waals surface area contributed by atoms with Crippen molar-refractivity contribution >= 4 is 27.8 Å². The van der Waals surface area contributed by atoms with Crippen LogP contribution in [-0.4, -0.2) is 22.5 Å². The van der Waals surface area contributed by atoms with Gasteiger partial charge in [-0.2, -0.15) is 0 Å². The van der Waals surface area contributed by atoms with E-state index in [2.05, 4.69) is 21.2 Å². The molecule has 0 saturated carbocycles.